The largest absolute Gasteiger partial charge is 0.445 e. The van der Waals surface area contributed by atoms with Gasteiger partial charge in [-0.05, 0) is 49.4 Å². The van der Waals surface area contributed by atoms with Crippen LogP contribution in [0.3, 0.4) is 0 Å². The molecule has 4 rings (SSSR count). The van der Waals surface area contributed by atoms with Gasteiger partial charge >= 0.3 is 12.2 Å². The number of hydrogen-bond donors (Lipinski definition) is 2. The van der Waals surface area contributed by atoms with E-state index in [-0.39, 0.29) is 13.2 Å². The zero-order valence-electron chi connectivity index (χ0n) is 22.7. The molecule has 2 N–H and O–H groups in total. The fraction of sp³-hybridized carbons (Fsp3) is 0.355. The number of ether oxygens (including phenoxy) is 2. The Kier molecular flexibility index (Phi) is 9.22. The topological polar surface area (TPSA) is 91.3 Å². The Morgan fingerprint density at radius 2 is 1.44 bits per heavy atom. The molecule has 3 aromatic carbocycles. The Morgan fingerprint density at radius 1 is 0.872 bits per heavy atom. The summed E-state index contributed by atoms with van der Waals surface area (Å²) in [5.74, 6) is 0. The Morgan fingerprint density at radius 3 is 2.05 bits per heavy atom. The molecule has 1 unspecified atom stereocenters. The van der Waals surface area contributed by atoms with Gasteiger partial charge in [-0.1, -0.05) is 84.9 Å². The lowest BCUT2D eigenvalue weighted by atomic mass is 10.00. The number of rotatable bonds is 8. The van der Waals surface area contributed by atoms with Crippen molar-refractivity contribution in [3.63, 3.8) is 0 Å². The van der Waals surface area contributed by atoms with Gasteiger partial charge in [0.05, 0.1) is 18.7 Å². The summed E-state index contributed by atoms with van der Waals surface area (Å²) in [4.78, 5) is 25.9. The maximum absolute atomic E-state index is 13.2. The molecular formula is C31H37N3O5. The number of hydrazine groups is 1. The third kappa shape index (κ3) is 8.30. The van der Waals surface area contributed by atoms with Gasteiger partial charge in [0.1, 0.15) is 12.2 Å². The van der Waals surface area contributed by atoms with E-state index in [1.807, 2.05) is 106 Å². The summed E-state index contributed by atoms with van der Waals surface area (Å²) in [6, 6.07) is 26.3. The lowest BCUT2D eigenvalue weighted by molar-refractivity contribution is -0.0862. The summed E-state index contributed by atoms with van der Waals surface area (Å²) < 4.78 is 11.1. The molecule has 39 heavy (non-hydrogen) atoms. The van der Waals surface area contributed by atoms with Gasteiger partial charge in [0, 0.05) is 13.1 Å². The minimum atomic E-state index is -1.01. The molecule has 8 heteroatoms. The van der Waals surface area contributed by atoms with Crippen molar-refractivity contribution in [1.29, 1.82) is 0 Å². The lowest BCUT2D eigenvalue weighted by Gasteiger charge is -2.41. The second-order valence-electron chi connectivity index (χ2n) is 10.7. The van der Waals surface area contributed by atoms with Gasteiger partial charge in [-0.3, -0.25) is 0 Å². The van der Waals surface area contributed by atoms with E-state index in [0.29, 0.717) is 19.5 Å². The van der Waals surface area contributed by atoms with Crippen molar-refractivity contribution in [2.24, 2.45) is 0 Å². The Labute approximate surface area is 230 Å². The van der Waals surface area contributed by atoms with Crippen LogP contribution in [0.5, 0.6) is 0 Å². The summed E-state index contributed by atoms with van der Waals surface area (Å²) in [5.41, 5.74) is 3.25. The summed E-state index contributed by atoms with van der Waals surface area (Å²) in [7, 11) is 0. The highest BCUT2D eigenvalue weighted by atomic mass is 16.6. The molecule has 8 nitrogen and oxygen atoms in total. The number of aliphatic hydroxyl groups is 1. The van der Waals surface area contributed by atoms with Crippen LogP contribution in [0.15, 0.2) is 84.9 Å². The first-order valence-electron chi connectivity index (χ1n) is 13.2. The molecule has 206 valence electrons. The van der Waals surface area contributed by atoms with E-state index in [9.17, 15) is 14.7 Å². The molecule has 1 heterocycles. The van der Waals surface area contributed by atoms with Crippen LogP contribution in [-0.4, -0.2) is 51.6 Å². The highest BCUT2D eigenvalue weighted by Crippen LogP contribution is 2.25. The van der Waals surface area contributed by atoms with Gasteiger partial charge in [0.2, 0.25) is 0 Å². The summed E-state index contributed by atoms with van der Waals surface area (Å²) in [5, 5.41) is 17.6. The fourth-order valence-corrected chi connectivity index (χ4v) is 4.48. The van der Waals surface area contributed by atoms with Gasteiger partial charge in [-0.15, -0.1) is 0 Å². The average Bonchev–Trinajstić information content (AvgIpc) is 2.91. The minimum Gasteiger partial charge on any atom is -0.445 e. The molecule has 0 saturated heterocycles. The Hall–Kier alpha value is -3.88. The highest BCUT2D eigenvalue weighted by molar-refractivity contribution is 5.68. The van der Waals surface area contributed by atoms with E-state index in [1.54, 1.807) is 5.01 Å². The van der Waals surface area contributed by atoms with Crippen molar-refractivity contribution < 1.29 is 24.2 Å². The summed E-state index contributed by atoms with van der Waals surface area (Å²) in [6.45, 7) is 6.44. The molecule has 0 radical (unpaired) electrons. The maximum Gasteiger partial charge on any atom is 0.425 e. The van der Waals surface area contributed by atoms with Crippen LogP contribution in [0.2, 0.25) is 0 Å². The van der Waals surface area contributed by atoms with Gasteiger partial charge in [0.15, 0.2) is 0 Å². The number of amides is 2. The highest BCUT2D eigenvalue weighted by Gasteiger charge is 2.34. The monoisotopic (exact) mass is 531 g/mol. The predicted octanol–water partition coefficient (Wildman–Crippen LogP) is 5.05. The first-order chi connectivity index (χ1) is 18.7. The van der Waals surface area contributed by atoms with Crippen molar-refractivity contribution in [1.82, 2.24) is 15.3 Å². The van der Waals surface area contributed by atoms with E-state index in [0.717, 1.165) is 22.3 Å². The number of β-amino-alcohol motifs (C(OH)–C–C–N with tert-alkyl or cyclic N) is 1. The number of alkyl carbamates (subject to hydrolysis) is 1. The number of benzene rings is 3. The molecule has 2 amide bonds. The lowest BCUT2D eigenvalue weighted by Crippen LogP contribution is -2.56. The molecule has 0 saturated carbocycles. The smallest absolute Gasteiger partial charge is 0.425 e. The van der Waals surface area contributed by atoms with Crippen molar-refractivity contribution in [2.75, 3.05) is 6.54 Å². The van der Waals surface area contributed by atoms with Gasteiger partial charge in [0.25, 0.3) is 0 Å². The van der Waals surface area contributed by atoms with Crippen LogP contribution in [0.4, 0.5) is 9.59 Å². The van der Waals surface area contributed by atoms with Crippen LogP contribution >= 0.6 is 0 Å². The number of carbonyl (C=O) groups excluding carboxylic acids is 2. The molecule has 1 aliphatic heterocycles. The van der Waals surface area contributed by atoms with Crippen molar-refractivity contribution in [3.8, 4) is 0 Å². The molecule has 2 atom stereocenters. The third-order valence-electron chi connectivity index (χ3n) is 6.41. The Balaban J connectivity index is 1.50. The van der Waals surface area contributed by atoms with E-state index >= 15 is 0 Å². The van der Waals surface area contributed by atoms with Gasteiger partial charge in [-0.2, -0.15) is 0 Å². The fourth-order valence-electron chi connectivity index (χ4n) is 4.48. The van der Waals surface area contributed by atoms with Crippen LogP contribution in [0.25, 0.3) is 0 Å². The molecule has 0 aromatic heterocycles. The zero-order chi connectivity index (χ0) is 27.8. The normalized spacial score (nSPS) is 15.1. The van der Waals surface area contributed by atoms with Crippen molar-refractivity contribution in [3.05, 3.63) is 107 Å². The van der Waals surface area contributed by atoms with Crippen LogP contribution < -0.4 is 5.32 Å². The molecule has 0 bridgehead atoms. The minimum absolute atomic E-state index is 0.101. The summed E-state index contributed by atoms with van der Waals surface area (Å²) in [6.07, 6.45) is -1.73. The number of aliphatic hydroxyl groups excluding tert-OH is 1. The molecule has 3 aromatic rings. The van der Waals surface area contributed by atoms with Crippen molar-refractivity contribution in [2.45, 2.75) is 64.6 Å². The number of hydrogen-bond acceptors (Lipinski definition) is 6. The standard InChI is InChI=1S/C31H37N3O5/c1-31(2,3)39-30(37)34-20-26-17-11-10-16-25(26)19-33(34)21-28(35)27(18-23-12-6-4-7-13-23)32-29(36)38-22-24-14-8-5-9-15-24/h4-17,27-28,35H,18-22H2,1-3H3,(H,32,36)/t27-,28?/m0/s1. The number of fused-ring (bicyclic) bond motifs is 1. The number of nitrogens with zero attached hydrogens (tertiary/aromatic N) is 2. The first-order valence-corrected chi connectivity index (χ1v) is 13.2. The second-order valence-corrected chi connectivity index (χ2v) is 10.7. The molecule has 1 aliphatic rings. The first kappa shape index (κ1) is 28.1. The molecule has 0 aliphatic carbocycles. The van der Waals surface area contributed by atoms with E-state index < -0.39 is 29.9 Å². The van der Waals surface area contributed by atoms with E-state index in [1.165, 1.54) is 5.01 Å². The summed E-state index contributed by atoms with van der Waals surface area (Å²) >= 11 is 0. The van der Waals surface area contributed by atoms with E-state index in [4.69, 9.17) is 9.47 Å². The van der Waals surface area contributed by atoms with Crippen molar-refractivity contribution >= 4 is 12.2 Å². The van der Waals surface area contributed by atoms with Crippen LogP contribution in [-0.2, 0) is 35.6 Å². The predicted molar refractivity (Wildman–Crippen MR) is 148 cm³/mol. The number of carbonyl (C=O) groups is 2. The average molecular weight is 532 g/mol. The van der Waals surface area contributed by atoms with Gasteiger partial charge in [-0.25, -0.2) is 19.6 Å². The van der Waals surface area contributed by atoms with Crippen LogP contribution in [0, 0.1) is 0 Å². The number of nitrogens with one attached hydrogen (secondary N) is 1. The Bertz CT molecular complexity index is 1230. The molecular weight excluding hydrogens is 494 g/mol. The van der Waals surface area contributed by atoms with Gasteiger partial charge < -0.3 is 19.9 Å². The van der Waals surface area contributed by atoms with E-state index in [2.05, 4.69) is 5.32 Å². The SMILES string of the molecule is CC(C)(C)OC(=O)N1Cc2ccccc2CN1CC(O)[C@H](Cc1ccccc1)NC(=O)OCc1ccccc1. The maximum atomic E-state index is 13.2. The molecule has 0 spiro atoms. The molecule has 0 fully saturated rings. The third-order valence-corrected chi connectivity index (χ3v) is 6.41. The second kappa shape index (κ2) is 12.8. The zero-order valence-corrected chi connectivity index (χ0v) is 22.7. The quantitative estimate of drug-likeness (QED) is 0.423. The van der Waals surface area contributed by atoms with Crippen LogP contribution in [0.1, 0.15) is 43.0 Å².